The Labute approximate surface area is 161 Å². The van der Waals surface area contributed by atoms with Crippen LogP contribution < -0.4 is 16.0 Å². The molecule has 1 unspecified atom stereocenters. The molecule has 6 nitrogen and oxygen atoms in total. The van der Waals surface area contributed by atoms with E-state index in [0.717, 1.165) is 50.4 Å². The molecular formula is C19H29ClN4O2. The Morgan fingerprint density at radius 2 is 1.54 bits per heavy atom. The van der Waals surface area contributed by atoms with Crippen molar-refractivity contribution in [3.05, 3.63) is 24.3 Å². The molecule has 1 aromatic rings. The lowest BCUT2D eigenvalue weighted by molar-refractivity contribution is -0.121. The molecule has 0 radical (unpaired) electrons. The third-order valence-electron chi connectivity index (χ3n) is 5.23. The maximum atomic E-state index is 12.3. The van der Waals surface area contributed by atoms with E-state index in [0.29, 0.717) is 5.92 Å². The van der Waals surface area contributed by atoms with Crippen molar-refractivity contribution >= 4 is 35.7 Å². The molecule has 0 bridgehead atoms. The SMILES string of the molecule is CC(C(=O)Nc1ccc(NC(=O)N2CCCCCC2)cc1)C1CNC1.Cl. The first kappa shape index (κ1) is 20.5. The number of carbonyl (C=O) groups is 2. The summed E-state index contributed by atoms with van der Waals surface area (Å²) in [6, 6.07) is 7.30. The quantitative estimate of drug-likeness (QED) is 0.750. The number of rotatable bonds is 4. The molecule has 2 aliphatic heterocycles. The molecule has 0 aliphatic carbocycles. The van der Waals surface area contributed by atoms with Gasteiger partial charge in [0.05, 0.1) is 0 Å². The normalized spacial score (nSPS) is 18.7. The number of nitrogens with one attached hydrogen (secondary N) is 3. The molecule has 2 aliphatic rings. The predicted octanol–water partition coefficient (Wildman–Crippen LogP) is 3.31. The molecule has 0 spiro atoms. The molecule has 2 heterocycles. The third kappa shape index (κ3) is 5.35. The van der Waals surface area contributed by atoms with Gasteiger partial charge in [-0.05, 0) is 56.1 Å². The number of hydrogen-bond donors (Lipinski definition) is 3. The molecule has 1 atom stereocenters. The summed E-state index contributed by atoms with van der Waals surface area (Å²) >= 11 is 0. The van der Waals surface area contributed by atoms with Crippen LogP contribution in [-0.2, 0) is 4.79 Å². The largest absolute Gasteiger partial charge is 0.326 e. The summed E-state index contributed by atoms with van der Waals surface area (Å²) in [5.74, 6) is 0.476. The number of carbonyl (C=O) groups excluding carboxylic acids is 2. The van der Waals surface area contributed by atoms with Crippen LogP contribution >= 0.6 is 12.4 Å². The fourth-order valence-electron chi connectivity index (χ4n) is 3.25. The summed E-state index contributed by atoms with van der Waals surface area (Å²) in [5, 5.41) is 9.09. The van der Waals surface area contributed by atoms with Gasteiger partial charge in [-0.3, -0.25) is 4.79 Å². The first-order chi connectivity index (χ1) is 12.1. The molecule has 7 heteroatoms. The van der Waals surface area contributed by atoms with Crippen LogP contribution in [0.25, 0.3) is 0 Å². The molecule has 0 aromatic heterocycles. The summed E-state index contributed by atoms with van der Waals surface area (Å²) < 4.78 is 0. The number of benzene rings is 1. The lowest BCUT2D eigenvalue weighted by atomic mass is 9.88. The summed E-state index contributed by atoms with van der Waals surface area (Å²) in [7, 11) is 0. The van der Waals surface area contributed by atoms with Gasteiger partial charge in [0.1, 0.15) is 0 Å². The number of urea groups is 1. The minimum atomic E-state index is -0.0372. The Bertz CT molecular complexity index is 596. The van der Waals surface area contributed by atoms with Gasteiger partial charge in [0.2, 0.25) is 5.91 Å². The Kier molecular flexibility index (Phi) is 7.72. The first-order valence-electron chi connectivity index (χ1n) is 9.31. The summed E-state index contributed by atoms with van der Waals surface area (Å²) in [4.78, 5) is 26.4. The van der Waals surface area contributed by atoms with Crippen LogP contribution in [0.1, 0.15) is 32.6 Å². The van der Waals surface area contributed by atoms with E-state index in [1.807, 2.05) is 36.1 Å². The fourth-order valence-corrected chi connectivity index (χ4v) is 3.25. The van der Waals surface area contributed by atoms with Crippen LogP contribution in [0.5, 0.6) is 0 Å². The summed E-state index contributed by atoms with van der Waals surface area (Å²) in [5.41, 5.74) is 1.51. The Hall–Kier alpha value is -1.79. The van der Waals surface area contributed by atoms with E-state index in [2.05, 4.69) is 16.0 Å². The van der Waals surface area contributed by atoms with Gasteiger partial charge in [-0.25, -0.2) is 4.79 Å². The maximum Gasteiger partial charge on any atom is 0.321 e. The standard InChI is InChI=1S/C19H28N4O2.ClH/c1-14(15-12-20-13-15)18(24)21-16-6-8-17(9-7-16)22-19(25)23-10-4-2-3-5-11-23;/h6-9,14-15,20H,2-5,10-13H2,1H3,(H,21,24)(H,22,25);1H. The Balaban J connectivity index is 0.00000243. The number of anilines is 2. The van der Waals surface area contributed by atoms with Crippen molar-refractivity contribution in [2.75, 3.05) is 36.8 Å². The zero-order valence-electron chi connectivity index (χ0n) is 15.3. The maximum absolute atomic E-state index is 12.3. The van der Waals surface area contributed by atoms with Crippen molar-refractivity contribution in [1.29, 1.82) is 0 Å². The molecule has 3 rings (SSSR count). The van der Waals surface area contributed by atoms with Gasteiger partial charge in [-0.2, -0.15) is 0 Å². The van der Waals surface area contributed by atoms with Crippen molar-refractivity contribution in [2.24, 2.45) is 11.8 Å². The van der Waals surface area contributed by atoms with E-state index in [4.69, 9.17) is 0 Å². The molecule has 0 saturated carbocycles. The van der Waals surface area contributed by atoms with Crippen LogP contribution in [0, 0.1) is 11.8 Å². The molecule has 26 heavy (non-hydrogen) atoms. The van der Waals surface area contributed by atoms with Crippen molar-refractivity contribution in [3.8, 4) is 0 Å². The van der Waals surface area contributed by atoms with Crippen LogP contribution in [0.3, 0.4) is 0 Å². The number of likely N-dealkylation sites (tertiary alicyclic amines) is 1. The monoisotopic (exact) mass is 380 g/mol. The minimum Gasteiger partial charge on any atom is -0.326 e. The molecule has 3 N–H and O–H groups in total. The Morgan fingerprint density at radius 1 is 1.00 bits per heavy atom. The van der Waals surface area contributed by atoms with Gasteiger partial charge in [-0.1, -0.05) is 19.8 Å². The minimum absolute atomic E-state index is 0. The predicted molar refractivity (Wildman–Crippen MR) is 107 cm³/mol. The van der Waals surface area contributed by atoms with Gasteiger partial charge in [0, 0.05) is 30.4 Å². The van der Waals surface area contributed by atoms with Crippen molar-refractivity contribution in [2.45, 2.75) is 32.6 Å². The zero-order valence-corrected chi connectivity index (χ0v) is 16.1. The third-order valence-corrected chi connectivity index (χ3v) is 5.23. The second-order valence-corrected chi connectivity index (χ2v) is 7.11. The molecule has 3 amide bonds. The van der Waals surface area contributed by atoms with E-state index < -0.39 is 0 Å². The van der Waals surface area contributed by atoms with Gasteiger partial charge < -0.3 is 20.9 Å². The van der Waals surface area contributed by atoms with Gasteiger partial charge >= 0.3 is 6.03 Å². The van der Waals surface area contributed by atoms with Crippen LogP contribution in [0.4, 0.5) is 16.2 Å². The molecule has 2 fully saturated rings. The van der Waals surface area contributed by atoms with Gasteiger partial charge in [0.25, 0.3) is 0 Å². The summed E-state index contributed by atoms with van der Waals surface area (Å²) in [6.07, 6.45) is 4.56. The highest BCUT2D eigenvalue weighted by atomic mass is 35.5. The van der Waals surface area contributed by atoms with Crippen LogP contribution in [0.2, 0.25) is 0 Å². The number of amides is 3. The van der Waals surface area contributed by atoms with E-state index >= 15 is 0 Å². The first-order valence-corrected chi connectivity index (χ1v) is 9.31. The second-order valence-electron chi connectivity index (χ2n) is 7.11. The van der Waals surface area contributed by atoms with Crippen molar-refractivity contribution in [3.63, 3.8) is 0 Å². The molecule has 2 saturated heterocycles. The average molecular weight is 381 g/mol. The summed E-state index contributed by atoms with van der Waals surface area (Å²) in [6.45, 7) is 5.45. The van der Waals surface area contributed by atoms with Crippen LogP contribution in [-0.4, -0.2) is 43.0 Å². The average Bonchev–Trinajstić information content (AvgIpc) is 2.84. The highest BCUT2D eigenvalue weighted by molar-refractivity contribution is 5.93. The number of hydrogen-bond acceptors (Lipinski definition) is 3. The smallest absolute Gasteiger partial charge is 0.321 e. The number of halogens is 1. The zero-order chi connectivity index (χ0) is 17.6. The molecular weight excluding hydrogens is 352 g/mol. The number of nitrogens with zero attached hydrogens (tertiary/aromatic N) is 1. The highest BCUT2D eigenvalue weighted by Crippen LogP contribution is 2.20. The lowest BCUT2D eigenvalue weighted by Crippen LogP contribution is -2.48. The molecule has 1 aromatic carbocycles. The van der Waals surface area contributed by atoms with E-state index in [-0.39, 0.29) is 30.3 Å². The lowest BCUT2D eigenvalue weighted by Gasteiger charge is -2.31. The Morgan fingerprint density at radius 3 is 2.04 bits per heavy atom. The van der Waals surface area contributed by atoms with E-state index in [9.17, 15) is 9.59 Å². The van der Waals surface area contributed by atoms with Crippen LogP contribution in [0.15, 0.2) is 24.3 Å². The van der Waals surface area contributed by atoms with Gasteiger partial charge in [-0.15, -0.1) is 12.4 Å². The molecule has 144 valence electrons. The van der Waals surface area contributed by atoms with E-state index in [1.165, 1.54) is 12.8 Å². The second kappa shape index (κ2) is 9.78. The topological polar surface area (TPSA) is 73.5 Å². The fraction of sp³-hybridized carbons (Fsp3) is 0.579. The van der Waals surface area contributed by atoms with E-state index in [1.54, 1.807) is 0 Å². The van der Waals surface area contributed by atoms with Crippen molar-refractivity contribution in [1.82, 2.24) is 10.2 Å². The highest BCUT2D eigenvalue weighted by Gasteiger charge is 2.28. The van der Waals surface area contributed by atoms with Gasteiger partial charge in [0.15, 0.2) is 0 Å². The van der Waals surface area contributed by atoms with Crippen molar-refractivity contribution < 1.29 is 9.59 Å².